The van der Waals surface area contributed by atoms with Crippen molar-refractivity contribution in [3.8, 4) is 0 Å². The molecule has 1 fully saturated rings. The maximum Gasteiger partial charge on any atom is 0.336 e. The van der Waals surface area contributed by atoms with E-state index in [1.165, 1.54) is 10.6 Å². The summed E-state index contributed by atoms with van der Waals surface area (Å²) in [5.74, 6) is 0. The first kappa shape index (κ1) is 18.1. The Hall–Kier alpha value is -2.30. The van der Waals surface area contributed by atoms with E-state index in [0.29, 0.717) is 5.58 Å². The highest BCUT2D eigenvalue weighted by molar-refractivity contribution is 6.33. The van der Waals surface area contributed by atoms with E-state index < -0.39 is 0 Å². The Morgan fingerprint density at radius 2 is 1.81 bits per heavy atom. The molecule has 27 heavy (non-hydrogen) atoms. The van der Waals surface area contributed by atoms with E-state index in [4.69, 9.17) is 16.0 Å². The molecule has 0 bridgehead atoms. The Morgan fingerprint density at radius 1 is 1.11 bits per heavy atom. The highest BCUT2D eigenvalue weighted by Gasteiger charge is 2.22. The standard InChI is InChI=1S/C22H23ClN2O2/c1-15-12-19-21(16(2)22(15)23)17(13-20(26)27-19)14-24-8-10-25(11-9-24)18-6-4-3-5-7-18/h3-7,12-13H,8-11,14H2,1-2H3/p+1. The van der Waals surface area contributed by atoms with Crippen LogP contribution in [0.1, 0.15) is 16.7 Å². The van der Waals surface area contributed by atoms with Crippen molar-refractivity contribution in [3.63, 3.8) is 0 Å². The lowest BCUT2D eigenvalue weighted by Gasteiger charge is -2.33. The van der Waals surface area contributed by atoms with Crippen molar-refractivity contribution in [1.82, 2.24) is 0 Å². The van der Waals surface area contributed by atoms with Gasteiger partial charge in [0.05, 0.1) is 26.2 Å². The Bertz CT molecular complexity index is 1020. The molecule has 140 valence electrons. The molecule has 0 atom stereocenters. The van der Waals surface area contributed by atoms with Gasteiger partial charge in [-0.1, -0.05) is 29.8 Å². The number of halogens is 1. The Balaban J connectivity index is 1.58. The number of anilines is 1. The van der Waals surface area contributed by atoms with E-state index in [1.807, 2.05) is 26.0 Å². The minimum atomic E-state index is -0.291. The average Bonchev–Trinajstić information content (AvgIpc) is 2.67. The van der Waals surface area contributed by atoms with Crippen LogP contribution < -0.4 is 15.4 Å². The van der Waals surface area contributed by atoms with Crippen LogP contribution in [0.5, 0.6) is 0 Å². The minimum absolute atomic E-state index is 0.291. The molecule has 2 aromatic carbocycles. The normalized spacial score (nSPS) is 15.4. The molecule has 2 heterocycles. The maximum absolute atomic E-state index is 12.1. The first-order valence-corrected chi connectivity index (χ1v) is 9.76. The number of nitrogens with one attached hydrogen (secondary N) is 1. The number of fused-ring (bicyclic) bond motifs is 1. The van der Waals surface area contributed by atoms with Gasteiger partial charge in [0.25, 0.3) is 0 Å². The number of aryl methyl sites for hydroxylation is 2. The Labute approximate surface area is 164 Å². The summed E-state index contributed by atoms with van der Waals surface area (Å²) in [4.78, 5) is 16.0. The molecule has 1 saturated heterocycles. The quantitative estimate of drug-likeness (QED) is 0.706. The van der Waals surface area contributed by atoms with Crippen LogP contribution in [0.4, 0.5) is 5.69 Å². The van der Waals surface area contributed by atoms with Crippen molar-refractivity contribution < 1.29 is 9.32 Å². The molecule has 1 aromatic heterocycles. The smallest absolute Gasteiger partial charge is 0.336 e. The van der Waals surface area contributed by atoms with Gasteiger partial charge in [0, 0.05) is 27.7 Å². The number of nitrogens with zero attached hydrogens (tertiary/aromatic N) is 1. The Kier molecular flexibility index (Phi) is 4.94. The van der Waals surface area contributed by atoms with Crippen LogP contribution >= 0.6 is 11.6 Å². The summed E-state index contributed by atoms with van der Waals surface area (Å²) in [6.45, 7) is 8.85. The first-order chi connectivity index (χ1) is 13.0. The summed E-state index contributed by atoms with van der Waals surface area (Å²) in [7, 11) is 0. The molecule has 4 rings (SSSR count). The number of benzene rings is 2. The van der Waals surface area contributed by atoms with Crippen molar-refractivity contribution >= 4 is 28.3 Å². The fourth-order valence-electron chi connectivity index (χ4n) is 4.06. The molecule has 5 heteroatoms. The largest absolute Gasteiger partial charge is 0.423 e. The van der Waals surface area contributed by atoms with Crippen LogP contribution in [0.15, 0.2) is 51.7 Å². The highest BCUT2D eigenvalue weighted by atomic mass is 35.5. The van der Waals surface area contributed by atoms with Crippen molar-refractivity contribution in [2.75, 3.05) is 31.1 Å². The fourth-order valence-corrected chi connectivity index (χ4v) is 4.21. The third-order valence-electron chi connectivity index (χ3n) is 5.50. The van der Waals surface area contributed by atoms with Crippen LogP contribution in [-0.4, -0.2) is 26.2 Å². The van der Waals surface area contributed by atoms with Crippen LogP contribution in [0.25, 0.3) is 11.0 Å². The number of rotatable bonds is 3. The van der Waals surface area contributed by atoms with Crippen LogP contribution in [0.2, 0.25) is 5.02 Å². The van der Waals surface area contributed by atoms with Crippen LogP contribution in [0, 0.1) is 13.8 Å². The SMILES string of the molecule is Cc1cc2oc(=O)cc(C[NH+]3CCN(c4ccccc4)CC3)c2c(C)c1Cl. The Morgan fingerprint density at radius 3 is 2.52 bits per heavy atom. The second kappa shape index (κ2) is 7.37. The van der Waals surface area contributed by atoms with Crippen LogP contribution in [0.3, 0.4) is 0 Å². The van der Waals surface area contributed by atoms with E-state index in [0.717, 1.165) is 59.8 Å². The summed E-state index contributed by atoms with van der Waals surface area (Å²) in [6, 6.07) is 14.0. The number of hydrogen-bond donors (Lipinski definition) is 1. The molecular weight excluding hydrogens is 360 g/mol. The van der Waals surface area contributed by atoms with Gasteiger partial charge in [-0.15, -0.1) is 0 Å². The molecule has 0 unspecified atom stereocenters. The second-order valence-electron chi connectivity index (χ2n) is 7.35. The van der Waals surface area contributed by atoms with Crippen LogP contribution in [-0.2, 0) is 6.54 Å². The maximum atomic E-state index is 12.1. The highest BCUT2D eigenvalue weighted by Crippen LogP contribution is 2.30. The lowest BCUT2D eigenvalue weighted by molar-refractivity contribution is -0.914. The number of para-hydroxylation sites is 1. The first-order valence-electron chi connectivity index (χ1n) is 9.39. The van der Waals surface area contributed by atoms with E-state index in [2.05, 4.69) is 29.2 Å². The topological polar surface area (TPSA) is 37.9 Å². The summed E-state index contributed by atoms with van der Waals surface area (Å²) in [5.41, 5.74) is 4.59. The average molecular weight is 384 g/mol. The van der Waals surface area contributed by atoms with Gasteiger partial charge < -0.3 is 14.2 Å². The summed E-state index contributed by atoms with van der Waals surface area (Å²) < 4.78 is 5.45. The molecule has 4 nitrogen and oxygen atoms in total. The molecule has 1 aliphatic rings. The second-order valence-corrected chi connectivity index (χ2v) is 7.72. The number of quaternary nitrogens is 1. The molecule has 0 aliphatic carbocycles. The van der Waals surface area contributed by atoms with Gasteiger partial charge in [-0.25, -0.2) is 4.79 Å². The monoisotopic (exact) mass is 383 g/mol. The molecule has 0 radical (unpaired) electrons. The minimum Gasteiger partial charge on any atom is -0.423 e. The molecule has 0 spiro atoms. The van der Waals surface area contributed by atoms with Gasteiger partial charge in [0.1, 0.15) is 12.1 Å². The molecule has 1 aliphatic heterocycles. The van der Waals surface area contributed by atoms with E-state index >= 15 is 0 Å². The van der Waals surface area contributed by atoms with Crippen molar-refractivity contribution in [2.45, 2.75) is 20.4 Å². The molecule has 0 saturated carbocycles. The molecule has 1 N–H and O–H groups in total. The lowest BCUT2D eigenvalue weighted by Crippen LogP contribution is -3.13. The molecule has 3 aromatic rings. The number of piperazine rings is 1. The van der Waals surface area contributed by atoms with Gasteiger partial charge >= 0.3 is 5.63 Å². The van der Waals surface area contributed by atoms with Crippen molar-refractivity contribution in [2.24, 2.45) is 0 Å². The fraction of sp³-hybridized carbons (Fsp3) is 0.318. The lowest BCUT2D eigenvalue weighted by atomic mass is 10.0. The van der Waals surface area contributed by atoms with Gasteiger partial charge in [0.15, 0.2) is 0 Å². The summed E-state index contributed by atoms with van der Waals surface area (Å²) in [5, 5.41) is 1.74. The molecule has 0 amide bonds. The zero-order chi connectivity index (χ0) is 19.0. The van der Waals surface area contributed by atoms with Crippen molar-refractivity contribution in [3.05, 3.63) is 74.6 Å². The van der Waals surface area contributed by atoms with E-state index in [-0.39, 0.29) is 5.63 Å². The van der Waals surface area contributed by atoms with E-state index in [1.54, 1.807) is 6.07 Å². The van der Waals surface area contributed by atoms with Crippen molar-refractivity contribution in [1.29, 1.82) is 0 Å². The predicted octanol–water partition coefficient (Wildman–Crippen LogP) is 2.97. The summed E-state index contributed by atoms with van der Waals surface area (Å²) >= 11 is 6.46. The summed E-state index contributed by atoms with van der Waals surface area (Å²) in [6.07, 6.45) is 0. The van der Waals surface area contributed by atoms with E-state index in [9.17, 15) is 4.79 Å². The molecular formula is C22H24ClN2O2+. The van der Waals surface area contributed by atoms with Gasteiger partial charge in [-0.05, 0) is 43.2 Å². The van der Waals surface area contributed by atoms with Gasteiger partial charge in [-0.3, -0.25) is 0 Å². The van der Waals surface area contributed by atoms with Gasteiger partial charge in [0.2, 0.25) is 0 Å². The van der Waals surface area contributed by atoms with Gasteiger partial charge in [-0.2, -0.15) is 0 Å². The zero-order valence-corrected chi connectivity index (χ0v) is 16.5. The third-order valence-corrected chi connectivity index (χ3v) is 6.08. The predicted molar refractivity (Wildman–Crippen MR) is 110 cm³/mol. The zero-order valence-electron chi connectivity index (χ0n) is 15.7. The third kappa shape index (κ3) is 3.60. The number of hydrogen-bond acceptors (Lipinski definition) is 3.